The van der Waals surface area contributed by atoms with Crippen molar-refractivity contribution in [2.45, 2.75) is 6.92 Å². The number of nitrogens with zero attached hydrogens (tertiary/aromatic N) is 3. The van der Waals surface area contributed by atoms with E-state index in [-0.39, 0.29) is 0 Å². The smallest absolute Gasteiger partial charge is 0.0716 e. The van der Waals surface area contributed by atoms with Gasteiger partial charge in [0.1, 0.15) is 0 Å². The molecule has 0 saturated heterocycles. The van der Waals surface area contributed by atoms with E-state index in [0.717, 1.165) is 45.1 Å². The first-order valence-corrected chi connectivity index (χ1v) is 18.2. The lowest BCUT2D eigenvalue weighted by Gasteiger charge is -2.26. The SMILES string of the molecule is C=Nc1cc(N(c2ccc(-c3ccc(-c4cccc5c4sc4ccccc45)nc3)cc2)c2ccc3sc4ccccc4c3c2)ccc1/C=C\C. The predicted molar refractivity (Wildman–Crippen MR) is 219 cm³/mol. The molecule has 3 heterocycles. The molecule has 0 N–H and O–H groups in total. The predicted octanol–water partition coefficient (Wildman–Crippen LogP) is 14.0. The summed E-state index contributed by atoms with van der Waals surface area (Å²) < 4.78 is 5.15. The van der Waals surface area contributed by atoms with Gasteiger partial charge in [0.25, 0.3) is 0 Å². The number of rotatable bonds is 7. The van der Waals surface area contributed by atoms with Crippen LogP contribution < -0.4 is 4.90 Å². The third kappa shape index (κ3) is 5.19. The topological polar surface area (TPSA) is 28.5 Å². The highest BCUT2D eigenvalue weighted by Crippen LogP contribution is 2.43. The first-order chi connectivity index (χ1) is 24.7. The van der Waals surface area contributed by atoms with Crippen LogP contribution in [0.5, 0.6) is 0 Å². The maximum absolute atomic E-state index is 4.96. The van der Waals surface area contributed by atoms with E-state index >= 15 is 0 Å². The maximum Gasteiger partial charge on any atom is 0.0716 e. The lowest BCUT2D eigenvalue weighted by Crippen LogP contribution is -2.10. The Kier molecular flexibility index (Phi) is 7.57. The van der Waals surface area contributed by atoms with Crippen LogP contribution in [0.1, 0.15) is 12.5 Å². The van der Waals surface area contributed by atoms with Gasteiger partial charge in [0.15, 0.2) is 0 Å². The van der Waals surface area contributed by atoms with Crippen LogP contribution in [-0.2, 0) is 0 Å². The van der Waals surface area contributed by atoms with E-state index in [9.17, 15) is 0 Å². The molecule has 0 atom stereocenters. The minimum absolute atomic E-state index is 0.849. The molecule has 9 aromatic rings. The summed E-state index contributed by atoms with van der Waals surface area (Å²) in [5.74, 6) is 0. The normalized spacial score (nSPS) is 11.7. The fraction of sp³-hybridized carbons (Fsp3) is 0.0222. The van der Waals surface area contributed by atoms with Gasteiger partial charge in [0.2, 0.25) is 0 Å². The van der Waals surface area contributed by atoms with Crippen LogP contribution in [0.15, 0.2) is 157 Å². The molecule has 0 saturated carbocycles. The lowest BCUT2D eigenvalue weighted by molar-refractivity contribution is 1.28. The molecule has 0 aliphatic heterocycles. The summed E-state index contributed by atoms with van der Waals surface area (Å²) in [6.45, 7) is 5.89. The first kappa shape index (κ1) is 30.2. The molecule has 5 heteroatoms. The van der Waals surface area contributed by atoms with E-state index < -0.39 is 0 Å². The van der Waals surface area contributed by atoms with Crippen molar-refractivity contribution in [3.8, 4) is 22.4 Å². The molecule has 0 bridgehead atoms. The average molecular weight is 678 g/mol. The van der Waals surface area contributed by atoms with Crippen molar-refractivity contribution in [3.05, 3.63) is 157 Å². The van der Waals surface area contributed by atoms with E-state index in [1.165, 1.54) is 45.9 Å². The van der Waals surface area contributed by atoms with Gasteiger partial charge in [0, 0.05) is 74.7 Å². The summed E-state index contributed by atoms with van der Waals surface area (Å²) in [6, 6.07) is 50.0. The number of fused-ring (bicyclic) bond motifs is 6. The molecule has 50 heavy (non-hydrogen) atoms. The van der Waals surface area contributed by atoms with Gasteiger partial charge in [0.05, 0.1) is 11.4 Å². The summed E-state index contributed by atoms with van der Waals surface area (Å²) in [4.78, 5) is 11.6. The Morgan fingerprint density at radius 2 is 1.26 bits per heavy atom. The van der Waals surface area contributed by atoms with Crippen LogP contribution in [0.4, 0.5) is 22.7 Å². The van der Waals surface area contributed by atoms with Gasteiger partial charge in [-0.1, -0.05) is 91.0 Å². The fourth-order valence-electron chi connectivity index (χ4n) is 6.90. The molecule has 0 amide bonds. The second-order valence-electron chi connectivity index (χ2n) is 12.3. The van der Waals surface area contributed by atoms with E-state index in [1.807, 2.05) is 41.9 Å². The Hall–Kier alpha value is -5.88. The van der Waals surface area contributed by atoms with Crippen molar-refractivity contribution in [3.63, 3.8) is 0 Å². The van der Waals surface area contributed by atoms with Crippen LogP contribution in [-0.4, -0.2) is 11.7 Å². The zero-order chi connectivity index (χ0) is 33.6. The van der Waals surface area contributed by atoms with E-state index in [4.69, 9.17) is 4.98 Å². The number of pyridine rings is 1. The maximum atomic E-state index is 4.96. The van der Waals surface area contributed by atoms with Gasteiger partial charge in [-0.25, -0.2) is 0 Å². The number of thiophene rings is 2. The third-order valence-electron chi connectivity index (χ3n) is 9.31. The number of benzene rings is 6. The van der Waals surface area contributed by atoms with E-state index in [2.05, 4.69) is 162 Å². The summed E-state index contributed by atoms with van der Waals surface area (Å²) in [7, 11) is 0. The average Bonchev–Trinajstić information content (AvgIpc) is 3.74. The Bertz CT molecular complexity index is 2730. The molecule has 3 nitrogen and oxygen atoms in total. The molecule has 0 radical (unpaired) electrons. The number of hydrogen-bond donors (Lipinski definition) is 0. The molecule has 0 aliphatic rings. The Morgan fingerprint density at radius 1 is 0.600 bits per heavy atom. The summed E-state index contributed by atoms with van der Waals surface area (Å²) in [5.41, 5.74) is 9.41. The Labute approximate surface area is 298 Å². The molecular weight excluding hydrogens is 647 g/mol. The van der Waals surface area contributed by atoms with Crippen LogP contribution >= 0.6 is 22.7 Å². The van der Waals surface area contributed by atoms with Gasteiger partial charge in [-0.2, -0.15) is 0 Å². The quantitative estimate of drug-likeness (QED) is 0.157. The summed E-state index contributed by atoms with van der Waals surface area (Å²) in [5, 5.41) is 5.12. The second-order valence-corrected chi connectivity index (χ2v) is 14.4. The zero-order valence-corrected chi connectivity index (χ0v) is 29.0. The van der Waals surface area contributed by atoms with Gasteiger partial charge < -0.3 is 4.90 Å². The minimum Gasteiger partial charge on any atom is -0.310 e. The summed E-state index contributed by atoms with van der Waals surface area (Å²) in [6.07, 6.45) is 6.09. The highest BCUT2D eigenvalue weighted by molar-refractivity contribution is 7.26. The van der Waals surface area contributed by atoms with E-state index in [0.29, 0.717) is 0 Å². The molecule has 9 rings (SSSR count). The van der Waals surface area contributed by atoms with Crippen molar-refractivity contribution in [2.24, 2.45) is 4.99 Å². The largest absolute Gasteiger partial charge is 0.310 e. The Balaban J connectivity index is 1.10. The van der Waals surface area contributed by atoms with Gasteiger partial charge in [-0.15, -0.1) is 22.7 Å². The molecule has 0 unspecified atom stereocenters. The van der Waals surface area contributed by atoms with Crippen molar-refractivity contribution >= 4 is 98.6 Å². The first-order valence-electron chi connectivity index (χ1n) is 16.6. The number of anilines is 3. The minimum atomic E-state index is 0.849. The number of aliphatic imine (C=N–C) groups is 1. The monoisotopic (exact) mass is 677 g/mol. The van der Waals surface area contributed by atoms with Crippen molar-refractivity contribution in [1.82, 2.24) is 4.98 Å². The van der Waals surface area contributed by atoms with Crippen molar-refractivity contribution < 1.29 is 0 Å². The highest BCUT2D eigenvalue weighted by Gasteiger charge is 2.17. The molecule has 6 aromatic carbocycles. The van der Waals surface area contributed by atoms with Crippen molar-refractivity contribution in [1.29, 1.82) is 0 Å². The van der Waals surface area contributed by atoms with Crippen LogP contribution in [0.3, 0.4) is 0 Å². The van der Waals surface area contributed by atoms with Crippen LogP contribution in [0.25, 0.3) is 68.8 Å². The molecule has 0 fully saturated rings. The van der Waals surface area contributed by atoms with Gasteiger partial charge >= 0.3 is 0 Å². The van der Waals surface area contributed by atoms with E-state index in [1.54, 1.807) is 0 Å². The highest BCUT2D eigenvalue weighted by atomic mass is 32.1. The number of allylic oxidation sites excluding steroid dienone is 1. The molecule has 3 aromatic heterocycles. The molecule has 0 aliphatic carbocycles. The summed E-state index contributed by atoms with van der Waals surface area (Å²) >= 11 is 3.67. The van der Waals surface area contributed by atoms with Crippen molar-refractivity contribution in [2.75, 3.05) is 4.90 Å². The molecular formula is C45H31N3S2. The number of hydrogen-bond acceptors (Lipinski definition) is 5. The Morgan fingerprint density at radius 3 is 2.02 bits per heavy atom. The lowest BCUT2D eigenvalue weighted by atomic mass is 10.0. The van der Waals surface area contributed by atoms with Crippen LogP contribution in [0.2, 0.25) is 0 Å². The second kappa shape index (κ2) is 12.5. The van der Waals surface area contributed by atoms with Gasteiger partial charge in [-0.05, 0) is 85.4 Å². The molecule has 0 spiro atoms. The zero-order valence-electron chi connectivity index (χ0n) is 27.4. The van der Waals surface area contributed by atoms with Crippen LogP contribution in [0, 0.1) is 0 Å². The third-order valence-corrected chi connectivity index (χ3v) is 11.7. The standard InChI is InChI=1S/C45H31N3S2/c1-3-9-30-18-22-34(27-41(30)46-2)48(33-23-25-44-39(26-33)36-11-5-6-14-42(36)49-44)32-20-16-29(17-21-32)31-19-24-40(47-28-31)38-13-8-12-37-35-10-4-7-15-43(35)50-45(37)38/h3-28H,2H2,1H3/b9-3-. The van der Waals surface area contributed by atoms with Gasteiger partial charge in [-0.3, -0.25) is 9.98 Å². The number of aromatic nitrogens is 1. The fourth-order valence-corrected chi connectivity index (χ4v) is 9.22. The molecule has 238 valence electrons.